The first-order valence-corrected chi connectivity index (χ1v) is 14.7. The molecule has 0 saturated carbocycles. The van der Waals surface area contributed by atoms with Crippen molar-refractivity contribution in [3.05, 3.63) is 59.7 Å². The molecule has 2 saturated heterocycles. The van der Waals surface area contributed by atoms with Gasteiger partial charge in [-0.3, -0.25) is 0 Å². The van der Waals surface area contributed by atoms with Crippen molar-refractivity contribution >= 4 is 46.0 Å². The van der Waals surface area contributed by atoms with Gasteiger partial charge in [-0.15, -0.1) is 0 Å². The van der Waals surface area contributed by atoms with Crippen LogP contribution in [0.15, 0.2) is 48.5 Å². The molecule has 0 unspecified atom stereocenters. The summed E-state index contributed by atoms with van der Waals surface area (Å²) in [6.45, 7) is 3.13. The lowest BCUT2D eigenvalue weighted by Crippen LogP contribution is -2.41. The number of hydrogen-bond donors (Lipinski definition) is 2. The molecule has 0 spiro atoms. The maximum Gasteiger partial charge on any atom is 0.416 e. The Bertz CT molecular complexity index is 1090. The lowest BCUT2D eigenvalue weighted by atomic mass is 9.87. The molecule has 0 radical (unpaired) electrons. The highest BCUT2D eigenvalue weighted by molar-refractivity contribution is 7.80. The summed E-state index contributed by atoms with van der Waals surface area (Å²) in [4.78, 5) is 4.05. The van der Waals surface area contributed by atoms with Crippen molar-refractivity contribution in [1.29, 1.82) is 0 Å². The van der Waals surface area contributed by atoms with Crippen LogP contribution in [0.1, 0.15) is 56.1 Å². The third-order valence-electron chi connectivity index (χ3n) is 7.91. The minimum atomic E-state index is -4.39. The second-order valence-electron chi connectivity index (χ2n) is 10.8. The summed E-state index contributed by atoms with van der Waals surface area (Å²) >= 11 is 10.9. The van der Waals surface area contributed by atoms with E-state index in [2.05, 4.69) is 10.6 Å². The molecule has 2 aromatic rings. The Hall–Kier alpha value is -2.60. The van der Waals surface area contributed by atoms with E-state index in [1.54, 1.807) is 12.1 Å². The summed E-state index contributed by atoms with van der Waals surface area (Å²) in [5, 5.41) is 6.81. The Balaban J connectivity index is 1.12. The normalized spacial score (nSPS) is 17.4. The number of likely N-dealkylation sites (tertiary alicyclic amines) is 2. The Kier molecular flexibility index (Phi) is 10.4. The first-order valence-electron chi connectivity index (χ1n) is 13.8. The highest BCUT2D eigenvalue weighted by Crippen LogP contribution is 2.32. The number of nitrogens with zero attached hydrogens (tertiary/aromatic N) is 2. The number of alkyl halides is 6. The van der Waals surface area contributed by atoms with Gasteiger partial charge < -0.3 is 20.4 Å². The smallest absolute Gasteiger partial charge is 0.349 e. The van der Waals surface area contributed by atoms with Gasteiger partial charge in [-0.25, -0.2) is 0 Å². The van der Waals surface area contributed by atoms with E-state index in [0.717, 1.165) is 95.4 Å². The second kappa shape index (κ2) is 13.6. The number of rotatable bonds is 6. The van der Waals surface area contributed by atoms with Crippen LogP contribution >= 0.6 is 24.4 Å². The second-order valence-corrected chi connectivity index (χ2v) is 11.6. The van der Waals surface area contributed by atoms with Gasteiger partial charge in [-0.2, -0.15) is 26.3 Å². The number of halogens is 6. The van der Waals surface area contributed by atoms with E-state index in [0.29, 0.717) is 33.4 Å². The summed E-state index contributed by atoms with van der Waals surface area (Å²) in [5.74, 6) is 1.21. The topological polar surface area (TPSA) is 30.5 Å². The minimum Gasteiger partial charge on any atom is -0.349 e. The van der Waals surface area contributed by atoms with E-state index in [1.165, 1.54) is 12.1 Å². The van der Waals surface area contributed by atoms with E-state index in [-0.39, 0.29) is 0 Å². The van der Waals surface area contributed by atoms with E-state index < -0.39 is 23.5 Å². The highest BCUT2D eigenvalue weighted by Gasteiger charge is 2.31. The van der Waals surface area contributed by atoms with Gasteiger partial charge in [0.05, 0.1) is 11.1 Å². The molecule has 2 aliphatic rings. The third-order valence-corrected chi connectivity index (χ3v) is 8.63. The zero-order valence-electron chi connectivity index (χ0n) is 22.5. The SMILES string of the molecule is FC(F)(F)c1cccc(NC(=S)N2CCC(CCCC3CCN(C(=S)Nc4cccc(C(F)(F)F)c4)CC3)CC2)c1. The van der Waals surface area contributed by atoms with Crippen molar-refractivity contribution in [2.45, 2.75) is 57.3 Å². The van der Waals surface area contributed by atoms with Crippen molar-refractivity contribution in [3.8, 4) is 0 Å². The molecule has 0 bridgehead atoms. The van der Waals surface area contributed by atoms with Crippen LogP contribution in [-0.2, 0) is 12.4 Å². The van der Waals surface area contributed by atoms with Crippen molar-refractivity contribution in [3.63, 3.8) is 0 Å². The van der Waals surface area contributed by atoms with Crippen LogP contribution in [0.2, 0.25) is 0 Å². The summed E-state index contributed by atoms with van der Waals surface area (Å²) < 4.78 is 77.9. The number of piperidine rings is 2. The lowest BCUT2D eigenvalue weighted by molar-refractivity contribution is -0.138. The van der Waals surface area contributed by atoms with Gasteiger partial charge in [0, 0.05) is 37.6 Å². The molecule has 2 heterocycles. The number of benzene rings is 2. The molecule has 0 aromatic heterocycles. The van der Waals surface area contributed by atoms with Crippen LogP contribution in [0, 0.1) is 11.8 Å². The monoisotopic (exact) mass is 616 g/mol. The molecule has 2 aromatic carbocycles. The summed E-state index contributed by atoms with van der Waals surface area (Å²) in [7, 11) is 0. The molecule has 2 N–H and O–H groups in total. The van der Waals surface area contributed by atoms with Gasteiger partial charge in [-0.1, -0.05) is 31.4 Å². The van der Waals surface area contributed by atoms with Crippen molar-refractivity contribution in [2.24, 2.45) is 11.8 Å². The molecular weight excluding hydrogens is 582 g/mol. The molecule has 41 heavy (non-hydrogen) atoms. The lowest BCUT2D eigenvalue weighted by Gasteiger charge is -2.35. The Labute approximate surface area is 247 Å². The zero-order valence-corrected chi connectivity index (χ0v) is 24.2. The van der Waals surface area contributed by atoms with Crippen LogP contribution in [0.25, 0.3) is 0 Å². The Morgan fingerprint density at radius 2 is 1.02 bits per heavy atom. The predicted molar refractivity (Wildman–Crippen MR) is 158 cm³/mol. The minimum absolute atomic E-state index is 0.338. The number of nitrogens with one attached hydrogen (secondary N) is 2. The van der Waals surface area contributed by atoms with Gasteiger partial charge in [0.25, 0.3) is 0 Å². The van der Waals surface area contributed by atoms with E-state index in [9.17, 15) is 26.3 Å². The predicted octanol–water partition coefficient (Wildman–Crippen LogP) is 8.41. The summed E-state index contributed by atoms with van der Waals surface area (Å²) in [5.41, 5.74) is -0.733. The molecule has 0 atom stereocenters. The molecule has 224 valence electrons. The molecule has 2 fully saturated rings. The average molecular weight is 617 g/mol. The molecule has 0 amide bonds. The van der Waals surface area contributed by atoms with E-state index in [4.69, 9.17) is 24.4 Å². The number of hydrogen-bond acceptors (Lipinski definition) is 2. The maximum absolute atomic E-state index is 13.0. The number of thiocarbonyl (C=S) groups is 2. The quantitative estimate of drug-likeness (QED) is 0.250. The van der Waals surface area contributed by atoms with Gasteiger partial charge in [-0.05, 0) is 98.4 Å². The van der Waals surface area contributed by atoms with Crippen LogP contribution < -0.4 is 10.6 Å². The standard InChI is InChI=1S/C29H34F6N4S2/c30-28(31,32)22-6-2-8-24(18-22)36-26(40)38-14-10-20(11-15-38)4-1-5-21-12-16-39(17-13-21)27(41)37-25-9-3-7-23(19-25)29(33,34)35/h2-3,6-9,18-21H,1,4-5,10-17H2,(H,36,40)(H,37,41). The first kappa shape index (κ1) is 31.3. The molecule has 4 rings (SSSR count). The number of anilines is 2. The maximum atomic E-state index is 13.0. The van der Waals surface area contributed by atoms with Crippen molar-refractivity contribution in [1.82, 2.24) is 9.80 Å². The largest absolute Gasteiger partial charge is 0.416 e. The van der Waals surface area contributed by atoms with Gasteiger partial charge in [0.1, 0.15) is 0 Å². The Morgan fingerprint density at radius 1 is 0.659 bits per heavy atom. The van der Waals surface area contributed by atoms with Crippen molar-refractivity contribution < 1.29 is 26.3 Å². The fraction of sp³-hybridized carbons (Fsp3) is 0.517. The van der Waals surface area contributed by atoms with E-state index >= 15 is 0 Å². The van der Waals surface area contributed by atoms with Crippen LogP contribution in [0.3, 0.4) is 0 Å². The average Bonchev–Trinajstić information content (AvgIpc) is 2.93. The fourth-order valence-electron chi connectivity index (χ4n) is 5.50. The summed E-state index contributed by atoms with van der Waals surface area (Å²) in [6, 6.07) is 10.1. The molecule has 12 heteroatoms. The molecular formula is C29H34F6N4S2. The van der Waals surface area contributed by atoms with Gasteiger partial charge in [0.2, 0.25) is 0 Å². The zero-order chi connectivity index (χ0) is 29.6. The van der Waals surface area contributed by atoms with Crippen molar-refractivity contribution in [2.75, 3.05) is 36.8 Å². The first-order chi connectivity index (χ1) is 19.4. The highest BCUT2D eigenvalue weighted by atomic mass is 32.1. The summed E-state index contributed by atoms with van der Waals surface area (Å²) in [6.07, 6.45) is -1.39. The van der Waals surface area contributed by atoms with Gasteiger partial charge in [0.15, 0.2) is 10.2 Å². The fourth-order valence-corrected chi connectivity index (χ4v) is 6.10. The van der Waals surface area contributed by atoms with Crippen LogP contribution in [0.4, 0.5) is 37.7 Å². The molecule has 0 aliphatic carbocycles. The Morgan fingerprint density at radius 3 is 1.37 bits per heavy atom. The molecule has 2 aliphatic heterocycles. The van der Waals surface area contributed by atoms with Crippen LogP contribution in [0.5, 0.6) is 0 Å². The third kappa shape index (κ3) is 9.19. The van der Waals surface area contributed by atoms with E-state index in [1.807, 2.05) is 9.80 Å². The van der Waals surface area contributed by atoms with Crippen LogP contribution in [-0.4, -0.2) is 46.2 Å². The molecule has 4 nitrogen and oxygen atoms in total. The van der Waals surface area contributed by atoms with Gasteiger partial charge >= 0.3 is 12.4 Å².